The molecule has 18 heavy (non-hydrogen) atoms. The Kier molecular flexibility index (Phi) is 3.12. The summed E-state index contributed by atoms with van der Waals surface area (Å²) >= 11 is 1.72. The van der Waals surface area contributed by atoms with E-state index in [0.717, 1.165) is 29.8 Å². The lowest BCUT2D eigenvalue weighted by atomic mass is 9.75. The maximum absolute atomic E-state index is 10.8. The van der Waals surface area contributed by atoms with Crippen LogP contribution >= 0.6 is 11.3 Å². The van der Waals surface area contributed by atoms with Crippen LogP contribution in [0.3, 0.4) is 0 Å². The summed E-state index contributed by atoms with van der Waals surface area (Å²) in [6.45, 7) is 2.17. The number of rotatable bonds is 2. The third kappa shape index (κ3) is 2.17. The maximum Gasteiger partial charge on any atom is 0.0967 e. The largest absolute Gasteiger partial charge is 0.389 e. The standard InChI is InChI=1S/C15H19NOS/c1-11-6-4-5-9-15(11,17)10-14-16-12-7-2-3-8-13(12)18-14/h2-3,7-8,11,17H,4-6,9-10H2,1H3. The van der Waals surface area contributed by atoms with Crippen LogP contribution in [0.5, 0.6) is 0 Å². The fraction of sp³-hybridized carbons (Fsp3) is 0.533. The molecular weight excluding hydrogens is 242 g/mol. The SMILES string of the molecule is CC1CCCCC1(O)Cc1nc2ccccc2s1. The van der Waals surface area contributed by atoms with Crippen molar-refractivity contribution in [2.75, 3.05) is 0 Å². The molecule has 0 spiro atoms. The zero-order valence-electron chi connectivity index (χ0n) is 10.7. The molecule has 3 heteroatoms. The number of aliphatic hydroxyl groups is 1. The van der Waals surface area contributed by atoms with E-state index in [1.807, 2.05) is 18.2 Å². The lowest BCUT2D eigenvalue weighted by molar-refractivity contribution is -0.0405. The zero-order chi connectivity index (χ0) is 12.6. The molecule has 0 bridgehead atoms. The summed E-state index contributed by atoms with van der Waals surface area (Å²) in [5.74, 6) is 0.387. The highest BCUT2D eigenvalue weighted by Gasteiger charge is 2.36. The number of hydrogen-bond acceptors (Lipinski definition) is 3. The van der Waals surface area contributed by atoms with Gasteiger partial charge in [-0.25, -0.2) is 4.98 Å². The first kappa shape index (κ1) is 12.1. The minimum atomic E-state index is -0.536. The van der Waals surface area contributed by atoms with E-state index in [9.17, 15) is 5.11 Å². The fourth-order valence-electron chi connectivity index (χ4n) is 2.92. The van der Waals surface area contributed by atoms with Crippen molar-refractivity contribution in [1.29, 1.82) is 0 Å². The molecule has 1 saturated carbocycles. The molecule has 2 aromatic rings. The van der Waals surface area contributed by atoms with Gasteiger partial charge in [0.1, 0.15) is 0 Å². The van der Waals surface area contributed by atoms with Crippen LogP contribution in [0.15, 0.2) is 24.3 Å². The van der Waals surface area contributed by atoms with Crippen LogP contribution < -0.4 is 0 Å². The highest BCUT2D eigenvalue weighted by Crippen LogP contribution is 2.37. The molecular formula is C15H19NOS. The molecule has 2 atom stereocenters. The van der Waals surface area contributed by atoms with E-state index in [1.165, 1.54) is 11.1 Å². The first-order valence-electron chi connectivity index (χ1n) is 6.74. The lowest BCUT2D eigenvalue weighted by Crippen LogP contribution is -2.41. The van der Waals surface area contributed by atoms with E-state index >= 15 is 0 Å². The normalized spacial score (nSPS) is 28.7. The Hall–Kier alpha value is -0.930. The molecule has 2 nitrogen and oxygen atoms in total. The summed E-state index contributed by atoms with van der Waals surface area (Å²) < 4.78 is 1.22. The summed E-state index contributed by atoms with van der Waals surface area (Å²) in [5, 5.41) is 11.9. The van der Waals surface area contributed by atoms with Crippen molar-refractivity contribution in [3.63, 3.8) is 0 Å². The Morgan fingerprint density at radius 3 is 3.00 bits per heavy atom. The van der Waals surface area contributed by atoms with Gasteiger partial charge in [0.05, 0.1) is 20.8 Å². The summed E-state index contributed by atoms with van der Waals surface area (Å²) in [4.78, 5) is 4.64. The highest BCUT2D eigenvalue weighted by molar-refractivity contribution is 7.18. The molecule has 1 aliphatic rings. The minimum absolute atomic E-state index is 0.387. The number of thiazole rings is 1. The van der Waals surface area contributed by atoms with Crippen LogP contribution in [-0.4, -0.2) is 15.7 Å². The predicted octanol–water partition coefficient (Wildman–Crippen LogP) is 3.78. The molecule has 1 fully saturated rings. The van der Waals surface area contributed by atoms with Gasteiger partial charge in [-0.3, -0.25) is 0 Å². The molecule has 0 radical (unpaired) electrons. The van der Waals surface area contributed by atoms with Crippen molar-refractivity contribution in [2.45, 2.75) is 44.6 Å². The Morgan fingerprint density at radius 2 is 2.22 bits per heavy atom. The van der Waals surface area contributed by atoms with Gasteiger partial charge in [-0.15, -0.1) is 11.3 Å². The van der Waals surface area contributed by atoms with Crippen molar-refractivity contribution in [1.82, 2.24) is 4.98 Å². The maximum atomic E-state index is 10.8. The van der Waals surface area contributed by atoms with Gasteiger partial charge in [-0.05, 0) is 30.9 Å². The Bertz CT molecular complexity index is 517. The van der Waals surface area contributed by atoms with E-state index in [-0.39, 0.29) is 0 Å². The van der Waals surface area contributed by atoms with E-state index in [4.69, 9.17) is 0 Å². The minimum Gasteiger partial charge on any atom is -0.389 e. The van der Waals surface area contributed by atoms with Crippen LogP contribution in [0, 0.1) is 5.92 Å². The van der Waals surface area contributed by atoms with Gasteiger partial charge < -0.3 is 5.11 Å². The molecule has 1 heterocycles. The second-order valence-corrected chi connectivity index (χ2v) is 6.62. The Morgan fingerprint density at radius 1 is 1.39 bits per heavy atom. The number of fused-ring (bicyclic) bond motifs is 1. The Labute approximate surface area is 112 Å². The summed E-state index contributed by atoms with van der Waals surface area (Å²) in [7, 11) is 0. The second kappa shape index (κ2) is 4.63. The molecule has 3 rings (SSSR count). The molecule has 0 saturated heterocycles. The van der Waals surface area contributed by atoms with Gasteiger partial charge in [-0.1, -0.05) is 31.9 Å². The summed E-state index contributed by atoms with van der Waals surface area (Å²) in [6, 6.07) is 8.21. The van der Waals surface area contributed by atoms with Crippen LogP contribution in [0.2, 0.25) is 0 Å². The van der Waals surface area contributed by atoms with Crippen LogP contribution in [0.1, 0.15) is 37.6 Å². The molecule has 1 aliphatic carbocycles. The van der Waals surface area contributed by atoms with E-state index in [0.29, 0.717) is 12.3 Å². The molecule has 1 N–H and O–H groups in total. The van der Waals surface area contributed by atoms with Crippen molar-refractivity contribution in [3.05, 3.63) is 29.3 Å². The molecule has 96 valence electrons. The number of nitrogens with zero attached hydrogens (tertiary/aromatic N) is 1. The van der Waals surface area contributed by atoms with E-state index in [2.05, 4.69) is 18.0 Å². The van der Waals surface area contributed by atoms with Crippen LogP contribution in [0.4, 0.5) is 0 Å². The molecule has 1 aromatic heterocycles. The van der Waals surface area contributed by atoms with Gasteiger partial charge in [-0.2, -0.15) is 0 Å². The predicted molar refractivity (Wildman–Crippen MR) is 75.9 cm³/mol. The third-order valence-corrected chi connectivity index (χ3v) is 5.25. The van der Waals surface area contributed by atoms with Gasteiger partial charge in [0.2, 0.25) is 0 Å². The first-order chi connectivity index (χ1) is 8.67. The van der Waals surface area contributed by atoms with Gasteiger partial charge >= 0.3 is 0 Å². The van der Waals surface area contributed by atoms with Crippen molar-refractivity contribution in [3.8, 4) is 0 Å². The van der Waals surface area contributed by atoms with Crippen molar-refractivity contribution in [2.24, 2.45) is 5.92 Å². The lowest BCUT2D eigenvalue weighted by Gasteiger charge is -2.37. The first-order valence-corrected chi connectivity index (χ1v) is 7.56. The van der Waals surface area contributed by atoms with Gasteiger partial charge in [0, 0.05) is 6.42 Å². The fourth-order valence-corrected chi connectivity index (χ4v) is 4.00. The molecule has 1 aromatic carbocycles. The molecule has 0 aliphatic heterocycles. The second-order valence-electron chi connectivity index (χ2n) is 5.50. The van der Waals surface area contributed by atoms with Gasteiger partial charge in [0.25, 0.3) is 0 Å². The topological polar surface area (TPSA) is 33.1 Å². The van der Waals surface area contributed by atoms with Gasteiger partial charge in [0.15, 0.2) is 0 Å². The number of benzene rings is 1. The highest BCUT2D eigenvalue weighted by atomic mass is 32.1. The van der Waals surface area contributed by atoms with E-state index in [1.54, 1.807) is 11.3 Å². The van der Waals surface area contributed by atoms with Crippen LogP contribution in [-0.2, 0) is 6.42 Å². The third-order valence-electron chi connectivity index (χ3n) is 4.21. The average Bonchev–Trinajstić information content (AvgIpc) is 2.75. The Balaban J connectivity index is 1.86. The van der Waals surface area contributed by atoms with Crippen LogP contribution in [0.25, 0.3) is 10.2 Å². The average molecular weight is 261 g/mol. The molecule has 2 unspecified atom stereocenters. The monoisotopic (exact) mass is 261 g/mol. The quantitative estimate of drug-likeness (QED) is 0.892. The number of hydrogen-bond donors (Lipinski definition) is 1. The zero-order valence-corrected chi connectivity index (χ0v) is 11.5. The smallest absolute Gasteiger partial charge is 0.0967 e. The summed E-state index contributed by atoms with van der Waals surface area (Å²) in [5.41, 5.74) is 0.524. The number of aromatic nitrogens is 1. The van der Waals surface area contributed by atoms with Crippen molar-refractivity contribution >= 4 is 21.6 Å². The summed E-state index contributed by atoms with van der Waals surface area (Å²) in [6.07, 6.45) is 5.17. The number of para-hydroxylation sites is 1. The molecule has 0 amide bonds. The van der Waals surface area contributed by atoms with E-state index < -0.39 is 5.60 Å². The van der Waals surface area contributed by atoms with Crippen molar-refractivity contribution < 1.29 is 5.11 Å².